The van der Waals surface area contributed by atoms with E-state index in [1.807, 2.05) is 30.3 Å². The van der Waals surface area contributed by atoms with Crippen LogP contribution in [-0.4, -0.2) is 25.9 Å². The van der Waals surface area contributed by atoms with Gasteiger partial charge in [0, 0.05) is 17.7 Å². The first-order valence-corrected chi connectivity index (χ1v) is 8.81. The maximum atomic E-state index is 12.8. The largest absolute Gasteiger partial charge is 0.497 e. The molecule has 0 atom stereocenters. The lowest BCUT2D eigenvalue weighted by atomic mass is 10.0. The van der Waals surface area contributed by atoms with Crippen molar-refractivity contribution in [2.75, 3.05) is 14.2 Å². The van der Waals surface area contributed by atoms with Gasteiger partial charge < -0.3 is 14.8 Å². The molecule has 0 saturated carbocycles. The fourth-order valence-corrected chi connectivity index (χ4v) is 2.80. The van der Waals surface area contributed by atoms with Gasteiger partial charge in [-0.15, -0.1) is 0 Å². The van der Waals surface area contributed by atoms with Crippen LogP contribution in [0.25, 0.3) is 0 Å². The highest BCUT2D eigenvalue weighted by atomic mass is 16.5. The summed E-state index contributed by atoms with van der Waals surface area (Å²) in [6.45, 7) is 0.446. The molecule has 5 nitrogen and oxygen atoms in total. The SMILES string of the molecule is COc1ccc(OC)c(C(=O)c2ccc(C(=O)NCc3ccccc3)cc2)c1. The molecular weight excluding hydrogens is 354 g/mol. The number of ketones is 1. The average molecular weight is 375 g/mol. The first kappa shape index (κ1) is 19.2. The predicted molar refractivity (Wildman–Crippen MR) is 107 cm³/mol. The average Bonchev–Trinajstić information content (AvgIpc) is 2.77. The Bertz CT molecular complexity index is 966. The Morgan fingerprint density at radius 1 is 0.821 bits per heavy atom. The molecule has 0 aliphatic rings. The number of methoxy groups -OCH3 is 2. The Hall–Kier alpha value is -3.60. The number of nitrogens with one attached hydrogen (secondary N) is 1. The number of ether oxygens (including phenoxy) is 2. The van der Waals surface area contributed by atoms with E-state index in [9.17, 15) is 9.59 Å². The monoisotopic (exact) mass is 375 g/mol. The highest BCUT2D eigenvalue weighted by Crippen LogP contribution is 2.26. The molecule has 3 aromatic rings. The zero-order chi connectivity index (χ0) is 19.9. The number of benzene rings is 3. The van der Waals surface area contributed by atoms with E-state index in [1.54, 1.807) is 49.6 Å². The van der Waals surface area contributed by atoms with Crippen LogP contribution in [0.5, 0.6) is 11.5 Å². The van der Waals surface area contributed by atoms with Gasteiger partial charge in [0.1, 0.15) is 11.5 Å². The van der Waals surface area contributed by atoms with E-state index in [0.717, 1.165) is 5.56 Å². The lowest BCUT2D eigenvalue weighted by molar-refractivity contribution is 0.0949. The molecule has 0 radical (unpaired) electrons. The van der Waals surface area contributed by atoms with Crippen molar-refractivity contribution >= 4 is 11.7 Å². The van der Waals surface area contributed by atoms with E-state index in [0.29, 0.717) is 34.7 Å². The van der Waals surface area contributed by atoms with Crippen LogP contribution < -0.4 is 14.8 Å². The van der Waals surface area contributed by atoms with E-state index < -0.39 is 0 Å². The summed E-state index contributed by atoms with van der Waals surface area (Å²) in [5, 5.41) is 2.87. The molecule has 1 N–H and O–H groups in total. The molecule has 0 aliphatic carbocycles. The third kappa shape index (κ3) is 4.38. The third-order valence-electron chi connectivity index (χ3n) is 4.36. The number of carbonyl (C=O) groups is 2. The minimum absolute atomic E-state index is 0.193. The van der Waals surface area contributed by atoms with Crippen molar-refractivity contribution in [3.63, 3.8) is 0 Å². The Morgan fingerprint density at radius 2 is 1.50 bits per heavy atom. The molecule has 0 saturated heterocycles. The van der Waals surface area contributed by atoms with Crippen molar-refractivity contribution in [2.24, 2.45) is 0 Å². The summed E-state index contributed by atoms with van der Waals surface area (Å²) in [5.41, 5.74) is 2.38. The molecule has 3 aromatic carbocycles. The van der Waals surface area contributed by atoms with Gasteiger partial charge in [-0.05, 0) is 35.9 Å². The number of amides is 1. The molecule has 142 valence electrons. The fraction of sp³-hybridized carbons (Fsp3) is 0.130. The minimum atomic E-state index is -0.202. The van der Waals surface area contributed by atoms with E-state index >= 15 is 0 Å². The summed E-state index contributed by atoms with van der Waals surface area (Å²) in [6, 6.07) is 21.3. The number of rotatable bonds is 7. The van der Waals surface area contributed by atoms with Crippen molar-refractivity contribution in [2.45, 2.75) is 6.54 Å². The van der Waals surface area contributed by atoms with E-state index in [2.05, 4.69) is 5.32 Å². The second-order valence-corrected chi connectivity index (χ2v) is 6.14. The number of carbonyl (C=O) groups excluding carboxylic acids is 2. The van der Waals surface area contributed by atoms with Gasteiger partial charge >= 0.3 is 0 Å². The van der Waals surface area contributed by atoms with Crippen LogP contribution in [0, 0.1) is 0 Å². The number of hydrogen-bond acceptors (Lipinski definition) is 4. The number of hydrogen-bond donors (Lipinski definition) is 1. The maximum Gasteiger partial charge on any atom is 0.251 e. The maximum absolute atomic E-state index is 12.8. The standard InChI is InChI=1S/C23H21NO4/c1-27-19-12-13-21(28-2)20(14-19)22(25)17-8-10-18(11-9-17)23(26)24-15-16-6-4-3-5-7-16/h3-14H,15H2,1-2H3,(H,24,26). The Balaban J connectivity index is 1.73. The van der Waals surface area contributed by atoms with E-state index in [-0.39, 0.29) is 11.7 Å². The molecule has 0 spiro atoms. The quantitative estimate of drug-likeness (QED) is 0.637. The lowest BCUT2D eigenvalue weighted by Gasteiger charge is -2.10. The minimum Gasteiger partial charge on any atom is -0.497 e. The van der Waals surface area contributed by atoms with Gasteiger partial charge in [-0.25, -0.2) is 0 Å². The molecule has 0 aliphatic heterocycles. The smallest absolute Gasteiger partial charge is 0.251 e. The van der Waals surface area contributed by atoms with Crippen LogP contribution in [0.1, 0.15) is 31.8 Å². The van der Waals surface area contributed by atoms with Crippen LogP contribution in [-0.2, 0) is 6.54 Å². The van der Waals surface area contributed by atoms with Crippen molar-refractivity contribution in [3.8, 4) is 11.5 Å². The van der Waals surface area contributed by atoms with Crippen LogP contribution in [0.4, 0.5) is 0 Å². The van der Waals surface area contributed by atoms with Crippen molar-refractivity contribution in [1.29, 1.82) is 0 Å². The Kier molecular flexibility index (Phi) is 6.07. The van der Waals surface area contributed by atoms with Gasteiger partial charge in [-0.3, -0.25) is 9.59 Å². The summed E-state index contributed by atoms with van der Waals surface area (Å²) in [4.78, 5) is 25.2. The summed E-state index contributed by atoms with van der Waals surface area (Å²) in [6.07, 6.45) is 0. The fourth-order valence-electron chi connectivity index (χ4n) is 2.80. The lowest BCUT2D eigenvalue weighted by Crippen LogP contribution is -2.22. The van der Waals surface area contributed by atoms with Crippen LogP contribution >= 0.6 is 0 Å². The predicted octanol–water partition coefficient (Wildman–Crippen LogP) is 3.86. The molecule has 0 fully saturated rings. The second-order valence-electron chi connectivity index (χ2n) is 6.14. The second kappa shape index (κ2) is 8.86. The first-order valence-electron chi connectivity index (χ1n) is 8.81. The van der Waals surface area contributed by atoms with Crippen molar-refractivity contribution in [1.82, 2.24) is 5.32 Å². The summed E-state index contributed by atoms with van der Waals surface area (Å²) in [5.74, 6) is 0.644. The van der Waals surface area contributed by atoms with Gasteiger partial charge in [0.2, 0.25) is 0 Å². The highest BCUT2D eigenvalue weighted by Gasteiger charge is 2.16. The highest BCUT2D eigenvalue weighted by molar-refractivity contribution is 6.11. The van der Waals surface area contributed by atoms with E-state index in [4.69, 9.17) is 9.47 Å². The van der Waals surface area contributed by atoms with Gasteiger partial charge in [-0.2, -0.15) is 0 Å². The van der Waals surface area contributed by atoms with Crippen molar-refractivity contribution in [3.05, 3.63) is 95.1 Å². The van der Waals surface area contributed by atoms with Crippen molar-refractivity contribution < 1.29 is 19.1 Å². The van der Waals surface area contributed by atoms with Gasteiger partial charge in [0.05, 0.1) is 19.8 Å². The first-order chi connectivity index (χ1) is 13.6. The molecule has 28 heavy (non-hydrogen) atoms. The molecule has 3 rings (SSSR count). The van der Waals surface area contributed by atoms with Gasteiger partial charge in [0.25, 0.3) is 5.91 Å². The molecule has 0 aromatic heterocycles. The normalized spacial score (nSPS) is 10.2. The van der Waals surface area contributed by atoms with Crippen LogP contribution in [0.15, 0.2) is 72.8 Å². The molecule has 0 heterocycles. The summed E-state index contributed by atoms with van der Waals surface area (Å²) >= 11 is 0. The molecule has 0 unspecified atom stereocenters. The summed E-state index contributed by atoms with van der Waals surface area (Å²) < 4.78 is 10.5. The van der Waals surface area contributed by atoms with Crippen LogP contribution in [0.2, 0.25) is 0 Å². The molecule has 5 heteroatoms. The third-order valence-corrected chi connectivity index (χ3v) is 4.36. The summed E-state index contributed by atoms with van der Waals surface area (Å²) in [7, 11) is 3.05. The van der Waals surface area contributed by atoms with Crippen LogP contribution in [0.3, 0.4) is 0 Å². The molecular formula is C23H21NO4. The zero-order valence-corrected chi connectivity index (χ0v) is 15.8. The topological polar surface area (TPSA) is 64.6 Å². The Morgan fingerprint density at radius 3 is 2.14 bits per heavy atom. The Labute approximate surface area is 163 Å². The van der Waals surface area contributed by atoms with Gasteiger partial charge in [0.15, 0.2) is 5.78 Å². The molecule has 1 amide bonds. The van der Waals surface area contributed by atoms with E-state index in [1.165, 1.54) is 7.11 Å². The zero-order valence-electron chi connectivity index (χ0n) is 15.8. The van der Waals surface area contributed by atoms with Gasteiger partial charge in [-0.1, -0.05) is 42.5 Å². The molecule has 0 bridgehead atoms.